The largest absolute Gasteiger partial charge is 0.322 e. The second-order valence-electron chi connectivity index (χ2n) is 4.52. The Hall–Kier alpha value is -2.71. The van der Waals surface area contributed by atoms with E-state index in [1.54, 1.807) is 30.3 Å². The van der Waals surface area contributed by atoms with Crippen molar-refractivity contribution in [3.05, 3.63) is 59.2 Å². The highest BCUT2D eigenvalue weighted by Crippen LogP contribution is 2.22. The number of carbonyl (C=O) groups is 1. The van der Waals surface area contributed by atoms with Gasteiger partial charge in [0.15, 0.2) is 0 Å². The van der Waals surface area contributed by atoms with Crippen LogP contribution >= 0.6 is 0 Å². The molecule has 0 radical (unpaired) electrons. The third-order valence-electron chi connectivity index (χ3n) is 2.96. The smallest absolute Gasteiger partial charge is 0.255 e. The molecule has 100 valence electrons. The van der Waals surface area contributed by atoms with Crippen LogP contribution in [0.5, 0.6) is 0 Å². The van der Waals surface area contributed by atoms with E-state index in [0.29, 0.717) is 16.9 Å². The number of hydrogen-bond acceptors (Lipinski definition) is 3. The van der Waals surface area contributed by atoms with Gasteiger partial charge in [-0.3, -0.25) is 4.79 Å². The Labute approximate surface area is 117 Å². The van der Waals surface area contributed by atoms with Gasteiger partial charge in [-0.15, -0.1) is 0 Å². The molecule has 0 aliphatic rings. The van der Waals surface area contributed by atoms with E-state index in [2.05, 4.69) is 10.3 Å². The highest BCUT2D eigenvalue weighted by molar-refractivity contribution is 6.04. The first-order valence-electron chi connectivity index (χ1n) is 6.16. The Morgan fingerprint density at radius 3 is 2.45 bits per heavy atom. The van der Waals surface area contributed by atoms with Gasteiger partial charge in [-0.05, 0) is 43.7 Å². The molecular weight excluding hydrogens is 252 g/mol. The minimum absolute atomic E-state index is 0.194. The second kappa shape index (κ2) is 5.95. The molecule has 0 unspecified atom stereocenters. The summed E-state index contributed by atoms with van der Waals surface area (Å²) in [5.74, 6) is -0.194. The molecule has 0 spiro atoms. The number of nitrogens with zero attached hydrogens (tertiary/aromatic N) is 1. The normalized spacial score (nSPS) is 9.70. The van der Waals surface area contributed by atoms with E-state index in [0.717, 1.165) is 11.1 Å². The van der Waals surface area contributed by atoms with Crippen molar-refractivity contribution in [1.29, 1.82) is 0 Å². The summed E-state index contributed by atoms with van der Waals surface area (Å²) in [6.45, 7) is 3.84. The predicted octanol–water partition coefficient (Wildman–Crippen LogP) is 3.52. The number of aliphatic imine (C=N–C) groups is 1. The molecule has 0 heterocycles. The van der Waals surface area contributed by atoms with E-state index in [4.69, 9.17) is 0 Å². The standard InChI is InChI=1S/C16H14N2O2/c1-11-3-6-13(7-4-11)16(20)18-15-9-14(17-10-19)8-5-12(15)2/h3-9H,1-2H3,(H,18,20). The second-order valence-corrected chi connectivity index (χ2v) is 4.52. The molecule has 0 saturated heterocycles. The van der Waals surface area contributed by atoms with E-state index in [-0.39, 0.29) is 5.91 Å². The quantitative estimate of drug-likeness (QED) is 0.682. The van der Waals surface area contributed by atoms with Crippen molar-refractivity contribution in [2.24, 2.45) is 4.99 Å². The summed E-state index contributed by atoms with van der Waals surface area (Å²) in [6, 6.07) is 12.4. The fourth-order valence-corrected chi connectivity index (χ4v) is 1.77. The molecule has 4 nitrogen and oxygen atoms in total. The summed E-state index contributed by atoms with van der Waals surface area (Å²) in [7, 11) is 0. The third kappa shape index (κ3) is 3.19. The molecule has 0 aliphatic heterocycles. The number of amides is 1. The van der Waals surface area contributed by atoms with Gasteiger partial charge in [-0.25, -0.2) is 4.79 Å². The molecule has 2 rings (SSSR count). The zero-order valence-electron chi connectivity index (χ0n) is 11.3. The van der Waals surface area contributed by atoms with Crippen LogP contribution in [0.15, 0.2) is 47.5 Å². The fourth-order valence-electron chi connectivity index (χ4n) is 1.77. The van der Waals surface area contributed by atoms with Crippen LogP contribution in [0.4, 0.5) is 11.4 Å². The number of aryl methyl sites for hydroxylation is 2. The molecular formula is C16H14N2O2. The van der Waals surface area contributed by atoms with E-state index in [1.807, 2.05) is 26.0 Å². The fraction of sp³-hybridized carbons (Fsp3) is 0.125. The number of hydrogen-bond donors (Lipinski definition) is 1. The first-order chi connectivity index (χ1) is 9.60. The van der Waals surface area contributed by atoms with Gasteiger partial charge in [0.1, 0.15) is 0 Å². The maximum atomic E-state index is 12.1. The lowest BCUT2D eigenvalue weighted by molar-refractivity contribution is 0.102. The zero-order chi connectivity index (χ0) is 14.5. The first kappa shape index (κ1) is 13.7. The Morgan fingerprint density at radius 1 is 1.10 bits per heavy atom. The number of carbonyl (C=O) groups excluding carboxylic acids is 2. The predicted molar refractivity (Wildman–Crippen MR) is 78.1 cm³/mol. The van der Waals surface area contributed by atoms with Crippen molar-refractivity contribution >= 4 is 23.4 Å². The summed E-state index contributed by atoms with van der Waals surface area (Å²) in [5.41, 5.74) is 3.67. The van der Waals surface area contributed by atoms with Gasteiger partial charge in [0.2, 0.25) is 6.08 Å². The molecule has 0 bridgehead atoms. The van der Waals surface area contributed by atoms with Crippen LogP contribution in [0.25, 0.3) is 0 Å². The molecule has 2 aromatic rings. The van der Waals surface area contributed by atoms with Gasteiger partial charge in [0.25, 0.3) is 5.91 Å². The van der Waals surface area contributed by atoms with Crippen LogP contribution in [-0.2, 0) is 4.79 Å². The summed E-state index contributed by atoms with van der Waals surface area (Å²) in [5, 5.41) is 2.82. The van der Waals surface area contributed by atoms with E-state index < -0.39 is 0 Å². The maximum absolute atomic E-state index is 12.1. The summed E-state index contributed by atoms with van der Waals surface area (Å²) in [6.07, 6.45) is 1.48. The van der Waals surface area contributed by atoms with Crippen molar-refractivity contribution < 1.29 is 9.59 Å². The maximum Gasteiger partial charge on any atom is 0.255 e. The highest BCUT2D eigenvalue weighted by Gasteiger charge is 2.08. The molecule has 0 aliphatic carbocycles. The molecule has 1 amide bonds. The number of benzene rings is 2. The Balaban J connectivity index is 2.25. The average molecular weight is 266 g/mol. The van der Waals surface area contributed by atoms with Crippen LogP contribution in [-0.4, -0.2) is 12.0 Å². The van der Waals surface area contributed by atoms with Gasteiger partial charge in [0.05, 0.1) is 5.69 Å². The van der Waals surface area contributed by atoms with Gasteiger partial charge in [-0.2, -0.15) is 4.99 Å². The van der Waals surface area contributed by atoms with Gasteiger partial charge < -0.3 is 5.32 Å². The Morgan fingerprint density at radius 2 is 1.80 bits per heavy atom. The van der Waals surface area contributed by atoms with Gasteiger partial charge >= 0.3 is 0 Å². The molecule has 0 saturated carbocycles. The SMILES string of the molecule is Cc1ccc(C(=O)Nc2cc(N=C=O)ccc2C)cc1. The lowest BCUT2D eigenvalue weighted by Gasteiger charge is -2.09. The monoisotopic (exact) mass is 266 g/mol. The topological polar surface area (TPSA) is 58.5 Å². The van der Waals surface area contributed by atoms with E-state index >= 15 is 0 Å². The average Bonchev–Trinajstić information content (AvgIpc) is 2.43. The van der Waals surface area contributed by atoms with Gasteiger partial charge in [-0.1, -0.05) is 23.8 Å². The molecule has 4 heteroatoms. The molecule has 1 N–H and O–H groups in total. The van der Waals surface area contributed by atoms with Crippen LogP contribution < -0.4 is 5.32 Å². The Kier molecular flexibility index (Phi) is 4.08. The third-order valence-corrected chi connectivity index (χ3v) is 2.96. The number of rotatable bonds is 3. The van der Waals surface area contributed by atoms with Crippen LogP contribution in [0.3, 0.4) is 0 Å². The molecule has 0 aromatic heterocycles. The first-order valence-corrected chi connectivity index (χ1v) is 6.16. The minimum atomic E-state index is -0.194. The molecule has 0 atom stereocenters. The van der Waals surface area contributed by atoms with Crippen LogP contribution in [0.1, 0.15) is 21.5 Å². The zero-order valence-corrected chi connectivity index (χ0v) is 11.3. The molecule has 2 aromatic carbocycles. The lowest BCUT2D eigenvalue weighted by Crippen LogP contribution is -2.12. The highest BCUT2D eigenvalue weighted by atomic mass is 16.1. The summed E-state index contributed by atoms with van der Waals surface area (Å²) < 4.78 is 0. The van der Waals surface area contributed by atoms with Crippen LogP contribution in [0, 0.1) is 13.8 Å². The van der Waals surface area contributed by atoms with Crippen molar-refractivity contribution in [2.75, 3.05) is 5.32 Å². The number of isocyanates is 1. The summed E-state index contributed by atoms with van der Waals surface area (Å²) >= 11 is 0. The van der Waals surface area contributed by atoms with E-state index in [9.17, 15) is 9.59 Å². The van der Waals surface area contributed by atoms with Crippen LogP contribution in [0.2, 0.25) is 0 Å². The van der Waals surface area contributed by atoms with Crippen molar-refractivity contribution in [1.82, 2.24) is 0 Å². The van der Waals surface area contributed by atoms with Crippen molar-refractivity contribution in [3.8, 4) is 0 Å². The number of nitrogens with one attached hydrogen (secondary N) is 1. The van der Waals surface area contributed by atoms with Crippen molar-refractivity contribution in [3.63, 3.8) is 0 Å². The Bertz CT molecular complexity index is 684. The van der Waals surface area contributed by atoms with Gasteiger partial charge in [0, 0.05) is 11.3 Å². The number of anilines is 1. The molecule has 20 heavy (non-hydrogen) atoms. The lowest BCUT2D eigenvalue weighted by atomic mass is 10.1. The summed E-state index contributed by atoms with van der Waals surface area (Å²) in [4.78, 5) is 25.9. The molecule has 0 fully saturated rings. The van der Waals surface area contributed by atoms with E-state index in [1.165, 1.54) is 6.08 Å². The minimum Gasteiger partial charge on any atom is -0.322 e. The van der Waals surface area contributed by atoms with Crippen molar-refractivity contribution in [2.45, 2.75) is 13.8 Å².